The van der Waals surface area contributed by atoms with Gasteiger partial charge in [-0.3, -0.25) is 20.2 Å². The number of carbonyl (C=O) groups is 1. The second-order valence-electron chi connectivity index (χ2n) is 5.14. The van der Waals surface area contributed by atoms with E-state index in [1.807, 2.05) is 0 Å². The fourth-order valence-corrected chi connectivity index (χ4v) is 2.60. The van der Waals surface area contributed by atoms with Crippen molar-refractivity contribution in [2.24, 2.45) is 0 Å². The molecule has 0 radical (unpaired) electrons. The minimum Gasteiger partial charge on any atom is -0.478 e. The second kappa shape index (κ2) is 8.57. The molecule has 9 nitrogen and oxygen atoms in total. The van der Waals surface area contributed by atoms with Crippen molar-refractivity contribution in [1.82, 2.24) is 0 Å². The number of allylic oxidation sites excluding steroid dienone is 2. The normalized spacial score (nSPS) is 10.1. The van der Waals surface area contributed by atoms with E-state index >= 15 is 0 Å². The van der Waals surface area contributed by atoms with Crippen LogP contribution in [0.3, 0.4) is 0 Å². The van der Waals surface area contributed by atoms with Crippen LogP contribution in [0.4, 0.5) is 17.1 Å². The third kappa shape index (κ3) is 4.00. The average molecular weight is 349 g/mol. The van der Waals surface area contributed by atoms with Crippen molar-refractivity contribution in [2.75, 3.05) is 11.9 Å². The second-order valence-corrected chi connectivity index (χ2v) is 5.14. The van der Waals surface area contributed by atoms with Gasteiger partial charge in [-0.25, -0.2) is 4.79 Å². The molecular formula is C16H19N3O6. The molecule has 0 aliphatic rings. The van der Waals surface area contributed by atoms with Crippen LogP contribution in [0.1, 0.15) is 34.8 Å². The number of nitrogens with zero attached hydrogens (tertiary/aromatic N) is 2. The maximum Gasteiger partial charge on any atom is 0.336 e. The number of nitro benzene ring substituents is 2. The summed E-state index contributed by atoms with van der Waals surface area (Å²) < 4.78 is 0. The molecule has 1 aromatic carbocycles. The summed E-state index contributed by atoms with van der Waals surface area (Å²) in [4.78, 5) is 33.3. The van der Waals surface area contributed by atoms with Gasteiger partial charge in [-0.1, -0.05) is 19.1 Å². The summed E-state index contributed by atoms with van der Waals surface area (Å²) in [5.41, 5.74) is -2.17. The van der Waals surface area contributed by atoms with E-state index in [2.05, 4.69) is 18.5 Å². The molecular weight excluding hydrogens is 330 g/mol. The SMILES string of the molecule is C=CCc1c(C(=O)O)c(CC=C)c([N+](=O)[O-])c(NCCC)c1[N+](=O)[O-]. The first-order chi connectivity index (χ1) is 11.8. The molecule has 9 heteroatoms. The smallest absolute Gasteiger partial charge is 0.336 e. The minimum absolute atomic E-state index is 0.110. The van der Waals surface area contributed by atoms with E-state index in [-0.39, 0.29) is 36.2 Å². The van der Waals surface area contributed by atoms with Crippen LogP contribution >= 0.6 is 0 Å². The van der Waals surface area contributed by atoms with Crippen LogP contribution in [0.5, 0.6) is 0 Å². The maximum atomic E-state index is 11.7. The Morgan fingerprint density at radius 3 is 1.84 bits per heavy atom. The molecule has 0 saturated heterocycles. The molecule has 134 valence electrons. The Balaban J connectivity index is 4.11. The lowest BCUT2D eigenvalue weighted by molar-refractivity contribution is -0.393. The molecule has 2 N–H and O–H groups in total. The van der Waals surface area contributed by atoms with E-state index in [1.54, 1.807) is 6.92 Å². The molecule has 0 heterocycles. The molecule has 1 rings (SSSR count). The highest BCUT2D eigenvalue weighted by Gasteiger charge is 2.37. The highest BCUT2D eigenvalue weighted by Crippen LogP contribution is 2.43. The summed E-state index contributed by atoms with van der Waals surface area (Å²) in [5, 5.41) is 35.4. The van der Waals surface area contributed by atoms with E-state index in [1.165, 1.54) is 12.2 Å². The summed E-state index contributed by atoms with van der Waals surface area (Å²) in [6, 6.07) is 0. The summed E-state index contributed by atoms with van der Waals surface area (Å²) >= 11 is 0. The zero-order chi connectivity index (χ0) is 19.1. The highest BCUT2D eigenvalue weighted by atomic mass is 16.6. The lowest BCUT2D eigenvalue weighted by Gasteiger charge is -2.16. The molecule has 0 spiro atoms. The van der Waals surface area contributed by atoms with Crippen molar-refractivity contribution in [3.63, 3.8) is 0 Å². The number of nitro groups is 2. The van der Waals surface area contributed by atoms with Crippen LogP contribution in [0.25, 0.3) is 0 Å². The molecule has 0 unspecified atom stereocenters. The van der Waals surface area contributed by atoms with Gasteiger partial charge in [0.05, 0.1) is 26.5 Å². The number of rotatable bonds is 10. The number of anilines is 1. The fraction of sp³-hybridized carbons (Fsp3) is 0.312. The average Bonchev–Trinajstić information content (AvgIpc) is 2.51. The first-order valence-electron chi connectivity index (χ1n) is 7.51. The van der Waals surface area contributed by atoms with Gasteiger partial charge in [0, 0.05) is 6.54 Å². The Kier molecular flexibility index (Phi) is 6.80. The molecule has 0 saturated carbocycles. The Bertz CT molecular complexity index is 693. The van der Waals surface area contributed by atoms with Gasteiger partial charge in [0.25, 0.3) is 0 Å². The number of hydrogen-bond acceptors (Lipinski definition) is 6. The van der Waals surface area contributed by atoms with Crippen LogP contribution in [-0.2, 0) is 12.8 Å². The van der Waals surface area contributed by atoms with Crippen molar-refractivity contribution in [1.29, 1.82) is 0 Å². The van der Waals surface area contributed by atoms with Gasteiger partial charge in [-0.15, -0.1) is 13.2 Å². The lowest BCUT2D eigenvalue weighted by atomic mass is 9.91. The molecule has 0 aliphatic carbocycles. The van der Waals surface area contributed by atoms with Crippen molar-refractivity contribution >= 4 is 23.0 Å². The highest BCUT2D eigenvalue weighted by molar-refractivity contribution is 5.98. The molecule has 0 fully saturated rings. The third-order valence-electron chi connectivity index (χ3n) is 3.48. The largest absolute Gasteiger partial charge is 0.478 e. The number of carboxylic acid groups (broad SMARTS) is 1. The zero-order valence-corrected chi connectivity index (χ0v) is 13.8. The number of hydrogen-bond donors (Lipinski definition) is 2. The number of carboxylic acids is 1. The number of aromatic carboxylic acids is 1. The Hall–Kier alpha value is -3.23. The Morgan fingerprint density at radius 2 is 1.56 bits per heavy atom. The molecule has 1 aromatic rings. The third-order valence-corrected chi connectivity index (χ3v) is 3.48. The Morgan fingerprint density at radius 1 is 1.12 bits per heavy atom. The van der Waals surface area contributed by atoms with Crippen LogP contribution in [0.15, 0.2) is 25.3 Å². The van der Waals surface area contributed by atoms with Crippen molar-refractivity contribution in [3.8, 4) is 0 Å². The van der Waals surface area contributed by atoms with Crippen molar-refractivity contribution in [2.45, 2.75) is 26.2 Å². The molecule has 25 heavy (non-hydrogen) atoms. The van der Waals surface area contributed by atoms with Gasteiger partial charge in [0.15, 0.2) is 5.69 Å². The Labute approximate surface area is 144 Å². The number of benzene rings is 1. The predicted molar refractivity (Wildman–Crippen MR) is 93.3 cm³/mol. The van der Waals surface area contributed by atoms with E-state index in [4.69, 9.17) is 0 Å². The van der Waals surface area contributed by atoms with E-state index < -0.39 is 32.8 Å². The van der Waals surface area contributed by atoms with Crippen LogP contribution < -0.4 is 5.32 Å². The van der Waals surface area contributed by atoms with Gasteiger partial charge in [0.2, 0.25) is 0 Å². The molecule has 0 aliphatic heterocycles. The van der Waals surface area contributed by atoms with E-state index in [9.17, 15) is 30.1 Å². The van der Waals surface area contributed by atoms with Crippen LogP contribution in [-0.4, -0.2) is 27.5 Å². The van der Waals surface area contributed by atoms with Gasteiger partial charge in [-0.05, 0) is 19.3 Å². The lowest BCUT2D eigenvalue weighted by Crippen LogP contribution is -2.16. The minimum atomic E-state index is -1.47. The van der Waals surface area contributed by atoms with E-state index in [0.29, 0.717) is 6.42 Å². The zero-order valence-electron chi connectivity index (χ0n) is 13.8. The van der Waals surface area contributed by atoms with Gasteiger partial charge in [-0.2, -0.15) is 0 Å². The molecule has 0 bridgehead atoms. The summed E-state index contributed by atoms with van der Waals surface area (Å²) in [6.45, 7) is 9.04. The molecule has 0 aromatic heterocycles. The summed E-state index contributed by atoms with van der Waals surface area (Å²) in [6.07, 6.45) is 2.99. The first-order valence-corrected chi connectivity index (χ1v) is 7.51. The first kappa shape index (κ1) is 19.8. The van der Waals surface area contributed by atoms with Crippen LogP contribution in [0.2, 0.25) is 0 Å². The quantitative estimate of drug-likeness (QED) is 0.375. The van der Waals surface area contributed by atoms with Crippen molar-refractivity contribution in [3.05, 3.63) is 62.2 Å². The summed E-state index contributed by atoms with van der Waals surface area (Å²) in [5.74, 6) is -1.47. The van der Waals surface area contributed by atoms with Crippen molar-refractivity contribution < 1.29 is 19.7 Å². The fourth-order valence-electron chi connectivity index (χ4n) is 2.60. The van der Waals surface area contributed by atoms with E-state index in [0.717, 1.165) is 0 Å². The standard InChI is InChI=1S/C16H19N3O6/c1-4-7-10-12(16(20)21)11(8-5-2)15(19(24)25)13(17-9-6-3)14(10)18(22)23/h4-5,17H,1-2,6-9H2,3H3,(H,20,21). The van der Waals surface area contributed by atoms with Gasteiger partial charge in [0.1, 0.15) is 0 Å². The molecule has 0 amide bonds. The van der Waals surface area contributed by atoms with Gasteiger partial charge >= 0.3 is 17.3 Å². The summed E-state index contributed by atoms with van der Waals surface area (Å²) in [7, 11) is 0. The topological polar surface area (TPSA) is 136 Å². The van der Waals surface area contributed by atoms with Crippen LogP contribution in [0, 0.1) is 20.2 Å². The maximum absolute atomic E-state index is 11.7. The molecule has 0 atom stereocenters. The van der Waals surface area contributed by atoms with Gasteiger partial charge < -0.3 is 10.4 Å². The predicted octanol–water partition coefficient (Wildman–Crippen LogP) is 3.48. The number of nitrogens with one attached hydrogen (secondary N) is 1. The monoisotopic (exact) mass is 349 g/mol.